The molecule has 0 N–H and O–H groups in total. The van der Waals surface area contributed by atoms with Crippen molar-refractivity contribution in [2.24, 2.45) is 5.92 Å². The molecular weight excluding hydrogens is 192 g/mol. The molecule has 0 bridgehead atoms. The number of methoxy groups -OCH3 is 1. The van der Waals surface area contributed by atoms with E-state index in [1.807, 2.05) is 6.92 Å². The summed E-state index contributed by atoms with van der Waals surface area (Å²) in [6.07, 6.45) is 3.53. The van der Waals surface area contributed by atoms with Crippen molar-refractivity contribution in [3.8, 4) is 0 Å². The lowest BCUT2D eigenvalue weighted by Crippen LogP contribution is -2.06. The molecule has 0 spiro atoms. The summed E-state index contributed by atoms with van der Waals surface area (Å²) in [6.45, 7) is 7.48. The van der Waals surface area contributed by atoms with Crippen LogP contribution in [0.25, 0.3) is 0 Å². The van der Waals surface area contributed by atoms with E-state index in [1.165, 1.54) is 7.11 Å². The SMILES string of the molecule is CCC(=CCOCCC(C)C)C(=O)OC. The van der Waals surface area contributed by atoms with Gasteiger partial charge in [-0.25, -0.2) is 4.79 Å². The first-order valence-corrected chi connectivity index (χ1v) is 5.46. The minimum atomic E-state index is -0.259. The van der Waals surface area contributed by atoms with Crippen molar-refractivity contribution in [3.05, 3.63) is 11.6 Å². The summed E-state index contributed by atoms with van der Waals surface area (Å²) >= 11 is 0. The molecule has 0 aromatic heterocycles. The molecule has 0 atom stereocenters. The smallest absolute Gasteiger partial charge is 0.333 e. The summed E-state index contributed by atoms with van der Waals surface area (Å²) in [5.74, 6) is 0.394. The lowest BCUT2D eigenvalue weighted by Gasteiger charge is -2.05. The van der Waals surface area contributed by atoms with Crippen LogP contribution in [-0.4, -0.2) is 26.3 Å². The third-order valence-corrected chi connectivity index (χ3v) is 2.12. The quantitative estimate of drug-likeness (QED) is 0.371. The molecule has 0 saturated carbocycles. The third-order valence-electron chi connectivity index (χ3n) is 2.12. The number of ether oxygens (including phenoxy) is 2. The van der Waals surface area contributed by atoms with Gasteiger partial charge in [0.1, 0.15) is 0 Å². The van der Waals surface area contributed by atoms with Crippen LogP contribution in [-0.2, 0) is 14.3 Å². The van der Waals surface area contributed by atoms with Gasteiger partial charge in [0.15, 0.2) is 0 Å². The van der Waals surface area contributed by atoms with Gasteiger partial charge in [-0.15, -0.1) is 0 Å². The van der Waals surface area contributed by atoms with Crippen LogP contribution in [0.5, 0.6) is 0 Å². The summed E-state index contributed by atoms with van der Waals surface area (Å²) in [5.41, 5.74) is 0.682. The van der Waals surface area contributed by atoms with Crippen LogP contribution in [0, 0.1) is 5.92 Å². The van der Waals surface area contributed by atoms with Crippen molar-refractivity contribution in [3.63, 3.8) is 0 Å². The molecule has 15 heavy (non-hydrogen) atoms. The van der Waals surface area contributed by atoms with Crippen LogP contribution in [0.3, 0.4) is 0 Å². The summed E-state index contributed by atoms with van der Waals surface area (Å²) in [5, 5.41) is 0. The minimum absolute atomic E-state index is 0.259. The summed E-state index contributed by atoms with van der Waals surface area (Å²) < 4.78 is 10.0. The van der Waals surface area contributed by atoms with E-state index < -0.39 is 0 Å². The van der Waals surface area contributed by atoms with E-state index in [-0.39, 0.29) is 5.97 Å². The van der Waals surface area contributed by atoms with E-state index in [4.69, 9.17) is 4.74 Å². The summed E-state index contributed by atoms with van der Waals surface area (Å²) in [6, 6.07) is 0. The van der Waals surface area contributed by atoms with E-state index in [0.29, 0.717) is 24.5 Å². The monoisotopic (exact) mass is 214 g/mol. The van der Waals surface area contributed by atoms with Gasteiger partial charge in [-0.05, 0) is 24.8 Å². The number of hydrogen-bond donors (Lipinski definition) is 0. The Balaban J connectivity index is 3.77. The van der Waals surface area contributed by atoms with Crippen molar-refractivity contribution in [2.45, 2.75) is 33.6 Å². The van der Waals surface area contributed by atoms with Crippen LogP contribution in [0.2, 0.25) is 0 Å². The van der Waals surface area contributed by atoms with E-state index >= 15 is 0 Å². The van der Waals surface area contributed by atoms with E-state index in [0.717, 1.165) is 13.0 Å². The zero-order valence-corrected chi connectivity index (χ0v) is 10.2. The Morgan fingerprint density at radius 3 is 2.53 bits per heavy atom. The molecule has 0 aromatic carbocycles. The average Bonchev–Trinajstić information content (AvgIpc) is 2.22. The molecule has 0 aliphatic heterocycles. The largest absolute Gasteiger partial charge is 0.466 e. The van der Waals surface area contributed by atoms with Gasteiger partial charge < -0.3 is 9.47 Å². The summed E-state index contributed by atoms with van der Waals surface area (Å²) in [4.78, 5) is 11.2. The van der Waals surface area contributed by atoms with Crippen LogP contribution in [0.15, 0.2) is 11.6 Å². The van der Waals surface area contributed by atoms with Gasteiger partial charge in [0.2, 0.25) is 0 Å². The standard InChI is InChI=1S/C12H22O3/c1-5-11(12(13)14-4)7-9-15-8-6-10(2)3/h7,10H,5-6,8-9H2,1-4H3. The zero-order valence-electron chi connectivity index (χ0n) is 10.2. The normalized spacial score (nSPS) is 11.9. The number of rotatable bonds is 7. The lowest BCUT2D eigenvalue weighted by atomic mass is 10.1. The molecule has 0 aliphatic carbocycles. The highest BCUT2D eigenvalue weighted by atomic mass is 16.5. The topological polar surface area (TPSA) is 35.5 Å². The van der Waals surface area contributed by atoms with E-state index in [1.54, 1.807) is 6.08 Å². The molecule has 0 rings (SSSR count). The maximum Gasteiger partial charge on any atom is 0.333 e. The van der Waals surface area contributed by atoms with Crippen molar-refractivity contribution >= 4 is 5.97 Å². The molecule has 0 saturated heterocycles. The number of carbonyl (C=O) groups excluding carboxylic acids is 1. The van der Waals surface area contributed by atoms with Crippen LogP contribution < -0.4 is 0 Å². The first kappa shape index (κ1) is 14.2. The van der Waals surface area contributed by atoms with Crippen molar-refractivity contribution in [2.75, 3.05) is 20.3 Å². The van der Waals surface area contributed by atoms with E-state index in [2.05, 4.69) is 18.6 Å². The Labute approximate surface area is 92.5 Å². The van der Waals surface area contributed by atoms with Crippen molar-refractivity contribution in [1.29, 1.82) is 0 Å². The fourth-order valence-corrected chi connectivity index (χ4v) is 1.06. The van der Waals surface area contributed by atoms with Gasteiger partial charge in [-0.2, -0.15) is 0 Å². The molecule has 0 aromatic rings. The van der Waals surface area contributed by atoms with Crippen molar-refractivity contribution < 1.29 is 14.3 Å². The van der Waals surface area contributed by atoms with Gasteiger partial charge in [0.05, 0.1) is 13.7 Å². The Morgan fingerprint density at radius 1 is 1.40 bits per heavy atom. The highest BCUT2D eigenvalue weighted by Crippen LogP contribution is 2.03. The Hall–Kier alpha value is -0.830. The number of hydrogen-bond acceptors (Lipinski definition) is 3. The Bertz CT molecular complexity index is 207. The molecular formula is C12H22O3. The second kappa shape index (κ2) is 8.48. The van der Waals surface area contributed by atoms with Gasteiger partial charge in [0, 0.05) is 12.2 Å². The van der Waals surface area contributed by atoms with E-state index in [9.17, 15) is 4.79 Å². The maximum absolute atomic E-state index is 11.2. The highest BCUT2D eigenvalue weighted by Gasteiger charge is 2.05. The minimum Gasteiger partial charge on any atom is -0.466 e. The van der Waals surface area contributed by atoms with Crippen LogP contribution >= 0.6 is 0 Å². The average molecular weight is 214 g/mol. The first-order chi connectivity index (χ1) is 7.11. The second-order valence-electron chi connectivity index (χ2n) is 3.83. The molecule has 0 unspecified atom stereocenters. The lowest BCUT2D eigenvalue weighted by molar-refractivity contribution is -0.136. The van der Waals surface area contributed by atoms with Crippen LogP contribution in [0.1, 0.15) is 33.6 Å². The predicted molar refractivity (Wildman–Crippen MR) is 60.7 cm³/mol. The first-order valence-electron chi connectivity index (χ1n) is 5.46. The number of carbonyl (C=O) groups is 1. The van der Waals surface area contributed by atoms with Gasteiger partial charge >= 0.3 is 5.97 Å². The van der Waals surface area contributed by atoms with Crippen molar-refractivity contribution in [1.82, 2.24) is 0 Å². The van der Waals surface area contributed by atoms with Crippen LogP contribution in [0.4, 0.5) is 0 Å². The predicted octanol–water partition coefficient (Wildman–Crippen LogP) is 2.56. The zero-order chi connectivity index (χ0) is 11.7. The molecule has 3 heteroatoms. The summed E-state index contributed by atoms with van der Waals surface area (Å²) in [7, 11) is 1.39. The fraction of sp³-hybridized carbons (Fsp3) is 0.750. The second-order valence-corrected chi connectivity index (χ2v) is 3.83. The molecule has 3 nitrogen and oxygen atoms in total. The number of esters is 1. The molecule has 0 amide bonds. The molecule has 0 heterocycles. The Morgan fingerprint density at radius 2 is 2.07 bits per heavy atom. The van der Waals surface area contributed by atoms with Gasteiger partial charge in [-0.1, -0.05) is 20.8 Å². The molecule has 0 aliphatic rings. The Kier molecular flexibility index (Phi) is 8.01. The molecule has 0 fully saturated rings. The maximum atomic E-state index is 11.2. The molecule has 0 radical (unpaired) electrons. The van der Waals surface area contributed by atoms with Gasteiger partial charge in [-0.3, -0.25) is 0 Å². The molecule has 88 valence electrons. The highest BCUT2D eigenvalue weighted by molar-refractivity contribution is 5.88. The van der Waals surface area contributed by atoms with Gasteiger partial charge in [0.25, 0.3) is 0 Å². The third kappa shape index (κ3) is 7.14. The fourth-order valence-electron chi connectivity index (χ4n) is 1.06.